The summed E-state index contributed by atoms with van der Waals surface area (Å²) in [5, 5.41) is 11.1. The van der Waals surface area contributed by atoms with Crippen LogP contribution in [-0.2, 0) is 4.79 Å². The standard InChI is InChI=1S/C17H27N5O3/c1-3-21(2)14(23)11-18-17(24)22-10-5-4-9-13(22)16-20-19-15(25-16)12-7-6-8-12/h12-13H,3-11H2,1-2H3,(H,18,24). The lowest BCUT2D eigenvalue weighted by Crippen LogP contribution is -2.47. The van der Waals surface area contributed by atoms with Gasteiger partial charge in [0.1, 0.15) is 6.04 Å². The van der Waals surface area contributed by atoms with Crippen LogP contribution in [0.3, 0.4) is 0 Å². The second-order valence-corrected chi connectivity index (χ2v) is 6.88. The topological polar surface area (TPSA) is 91.6 Å². The Bertz CT molecular complexity index is 613. The molecule has 2 heterocycles. The van der Waals surface area contributed by atoms with Crippen LogP contribution in [-0.4, -0.2) is 58.6 Å². The number of amides is 3. The zero-order valence-corrected chi connectivity index (χ0v) is 15.0. The first-order valence-electron chi connectivity index (χ1n) is 9.22. The minimum Gasteiger partial charge on any atom is -0.423 e. The van der Waals surface area contributed by atoms with Gasteiger partial charge in [-0.15, -0.1) is 10.2 Å². The van der Waals surface area contributed by atoms with Gasteiger partial charge in [0, 0.05) is 26.1 Å². The second kappa shape index (κ2) is 7.84. The molecule has 8 heteroatoms. The van der Waals surface area contributed by atoms with Crippen molar-refractivity contribution in [2.45, 2.75) is 57.4 Å². The smallest absolute Gasteiger partial charge is 0.318 e. The summed E-state index contributed by atoms with van der Waals surface area (Å²) in [5.74, 6) is 1.50. The Labute approximate surface area is 147 Å². The number of urea groups is 1. The van der Waals surface area contributed by atoms with Gasteiger partial charge in [-0.1, -0.05) is 6.42 Å². The number of likely N-dealkylation sites (N-methyl/N-ethyl adjacent to an activating group) is 1. The third-order valence-electron chi connectivity index (χ3n) is 5.25. The van der Waals surface area contributed by atoms with Crippen LogP contribution >= 0.6 is 0 Å². The number of nitrogens with one attached hydrogen (secondary N) is 1. The Balaban J connectivity index is 1.62. The van der Waals surface area contributed by atoms with Crippen molar-refractivity contribution in [2.75, 3.05) is 26.7 Å². The molecule has 2 aliphatic rings. The van der Waals surface area contributed by atoms with E-state index in [0.717, 1.165) is 32.1 Å². The van der Waals surface area contributed by atoms with Gasteiger partial charge in [0.2, 0.25) is 17.7 Å². The molecule has 8 nitrogen and oxygen atoms in total. The average Bonchev–Trinajstić information content (AvgIpc) is 3.06. The Morgan fingerprint density at radius 1 is 1.20 bits per heavy atom. The maximum absolute atomic E-state index is 12.6. The monoisotopic (exact) mass is 349 g/mol. The SMILES string of the molecule is CCN(C)C(=O)CNC(=O)N1CCCCC1c1nnc(C2CCC2)o1. The number of hydrogen-bond acceptors (Lipinski definition) is 5. The molecule has 1 saturated carbocycles. The highest BCUT2D eigenvalue weighted by atomic mass is 16.4. The van der Waals surface area contributed by atoms with Crippen molar-refractivity contribution in [1.29, 1.82) is 0 Å². The van der Waals surface area contributed by atoms with E-state index in [2.05, 4.69) is 15.5 Å². The zero-order valence-electron chi connectivity index (χ0n) is 15.0. The Hall–Kier alpha value is -2.12. The molecule has 1 saturated heterocycles. The fourth-order valence-electron chi connectivity index (χ4n) is 3.20. The largest absolute Gasteiger partial charge is 0.423 e. The molecule has 2 fully saturated rings. The van der Waals surface area contributed by atoms with Crippen LogP contribution in [0.15, 0.2) is 4.42 Å². The first-order chi connectivity index (χ1) is 12.1. The van der Waals surface area contributed by atoms with Crippen molar-refractivity contribution < 1.29 is 14.0 Å². The van der Waals surface area contributed by atoms with E-state index in [1.54, 1.807) is 16.8 Å². The van der Waals surface area contributed by atoms with Gasteiger partial charge in [-0.25, -0.2) is 4.79 Å². The Kier molecular flexibility index (Phi) is 5.55. The van der Waals surface area contributed by atoms with Gasteiger partial charge in [-0.05, 0) is 39.0 Å². The minimum absolute atomic E-state index is 0.00352. The van der Waals surface area contributed by atoms with Crippen LogP contribution < -0.4 is 5.32 Å². The molecule has 1 aromatic rings. The maximum atomic E-state index is 12.6. The predicted octanol–water partition coefficient (Wildman–Crippen LogP) is 2.05. The van der Waals surface area contributed by atoms with Crippen molar-refractivity contribution in [3.63, 3.8) is 0 Å². The number of rotatable bonds is 5. The number of carbonyl (C=O) groups is 2. The molecule has 0 radical (unpaired) electrons. The third-order valence-corrected chi connectivity index (χ3v) is 5.25. The van der Waals surface area contributed by atoms with Gasteiger partial charge in [0.05, 0.1) is 6.54 Å². The molecule has 1 aliphatic heterocycles. The molecule has 1 atom stereocenters. The van der Waals surface area contributed by atoms with Gasteiger partial charge >= 0.3 is 6.03 Å². The van der Waals surface area contributed by atoms with Gasteiger partial charge in [-0.2, -0.15) is 0 Å². The normalized spacial score (nSPS) is 20.9. The molecule has 0 spiro atoms. The van der Waals surface area contributed by atoms with Crippen molar-refractivity contribution in [3.8, 4) is 0 Å². The highest BCUT2D eigenvalue weighted by Gasteiger charge is 2.33. The molecule has 0 aromatic carbocycles. The Morgan fingerprint density at radius 2 is 1.96 bits per heavy atom. The number of piperidine rings is 1. The van der Waals surface area contributed by atoms with Crippen molar-refractivity contribution in [3.05, 3.63) is 11.8 Å². The van der Waals surface area contributed by atoms with E-state index in [1.807, 2.05) is 6.92 Å². The van der Waals surface area contributed by atoms with Crippen molar-refractivity contribution >= 4 is 11.9 Å². The molecule has 1 aliphatic carbocycles. The molecule has 138 valence electrons. The summed E-state index contributed by atoms with van der Waals surface area (Å²) in [6.45, 7) is 3.15. The summed E-state index contributed by atoms with van der Waals surface area (Å²) in [5.41, 5.74) is 0. The van der Waals surface area contributed by atoms with E-state index in [-0.39, 0.29) is 24.5 Å². The molecule has 3 rings (SSSR count). The zero-order chi connectivity index (χ0) is 17.8. The molecular weight excluding hydrogens is 322 g/mol. The number of hydrogen-bond donors (Lipinski definition) is 1. The van der Waals surface area contributed by atoms with Crippen LogP contribution in [0, 0.1) is 0 Å². The summed E-state index contributed by atoms with van der Waals surface area (Å²) < 4.78 is 5.87. The summed E-state index contributed by atoms with van der Waals surface area (Å²) in [7, 11) is 1.72. The van der Waals surface area contributed by atoms with Gasteiger partial charge in [-0.3, -0.25) is 4.79 Å². The maximum Gasteiger partial charge on any atom is 0.318 e. The van der Waals surface area contributed by atoms with E-state index in [9.17, 15) is 9.59 Å². The lowest BCUT2D eigenvalue weighted by molar-refractivity contribution is -0.128. The fraction of sp³-hybridized carbons (Fsp3) is 0.765. The highest BCUT2D eigenvalue weighted by molar-refractivity contribution is 5.84. The predicted molar refractivity (Wildman–Crippen MR) is 90.9 cm³/mol. The van der Waals surface area contributed by atoms with Gasteiger partial charge in [0.25, 0.3) is 0 Å². The summed E-state index contributed by atoms with van der Waals surface area (Å²) in [4.78, 5) is 27.7. The molecule has 3 amide bonds. The second-order valence-electron chi connectivity index (χ2n) is 6.88. The summed E-state index contributed by atoms with van der Waals surface area (Å²) >= 11 is 0. The van der Waals surface area contributed by atoms with Crippen LogP contribution in [0.1, 0.15) is 69.2 Å². The highest BCUT2D eigenvalue weighted by Crippen LogP contribution is 2.37. The molecular formula is C17H27N5O3. The molecule has 1 unspecified atom stereocenters. The first-order valence-corrected chi connectivity index (χ1v) is 9.22. The minimum atomic E-state index is -0.244. The van der Waals surface area contributed by atoms with Crippen LogP contribution in [0.25, 0.3) is 0 Å². The number of carbonyl (C=O) groups excluding carboxylic acids is 2. The summed E-state index contributed by atoms with van der Waals surface area (Å²) in [6, 6.07) is -0.444. The molecule has 1 N–H and O–H groups in total. The van der Waals surface area contributed by atoms with Crippen LogP contribution in [0.5, 0.6) is 0 Å². The first kappa shape index (κ1) is 17.7. The summed E-state index contributed by atoms with van der Waals surface area (Å²) in [6.07, 6.45) is 6.18. The van der Waals surface area contributed by atoms with E-state index in [0.29, 0.717) is 30.8 Å². The quantitative estimate of drug-likeness (QED) is 0.878. The number of nitrogens with zero attached hydrogens (tertiary/aromatic N) is 4. The van der Waals surface area contributed by atoms with Gasteiger partial charge < -0.3 is 19.5 Å². The van der Waals surface area contributed by atoms with Gasteiger partial charge in [0.15, 0.2) is 0 Å². The van der Waals surface area contributed by atoms with Crippen molar-refractivity contribution in [1.82, 2.24) is 25.3 Å². The van der Waals surface area contributed by atoms with Crippen molar-refractivity contribution in [2.24, 2.45) is 0 Å². The van der Waals surface area contributed by atoms with E-state index in [4.69, 9.17) is 4.42 Å². The average molecular weight is 349 g/mol. The van der Waals surface area contributed by atoms with E-state index < -0.39 is 0 Å². The Morgan fingerprint density at radius 3 is 2.64 bits per heavy atom. The lowest BCUT2D eigenvalue weighted by Gasteiger charge is -2.33. The third kappa shape index (κ3) is 3.93. The van der Waals surface area contributed by atoms with Crippen LogP contribution in [0.2, 0.25) is 0 Å². The van der Waals surface area contributed by atoms with Crippen LogP contribution in [0.4, 0.5) is 4.79 Å². The number of likely N-dealkylation sites (tertiary alicyclic amines) is 1. The van der Waals surface area contributed by atoms with E-state index in [1.165, 1.54) is 6.42 Å². The molecule has 0 bridgehead atoms. The lowest BCUT2D eigenvalue weighted by atomic mass is 9.85. The number of aromatic nitrogens is 2. The molecule has 1 aromatic heterocycles. The fourth-order valence-corrected chi connectivity index (χ4v) is 3.20. The van der Waals surface area contributed by atoms with E-state index >= 15 is 0 Å². The molecule has 25 heavy (non-hydrogen) atoms.